The van der Waals surface area contributed by atoms with Gasteiger partial charge in [0.15, 0.2) is 0 Å². The van der Waals surface area contributed by atoms with Gasteiger partial charge in [0.2, 0.25) is 5.82 Å². The normalized spacial score (nSPS) is 10.1. The molecule has 0 atom stereocenters. The lowest BCUT2D eigenvalue weighted by molar-refractivity contribution is 0.0980. The van der Waals surface area contributed by atoms with Gasteiger partial charge in [0.1, 0.15) is 5.82 Å². The highest BCUT2D eigenvalue weighted by molar-refractivity contribution is 14.1. The van der Waals surface area contributed by atoms with Crippen molar-refractivity contribution in [2.45, 2.75) is 6.42 Å². The maximum absolute atomic E-state index is 11.2. The molecule has 0 radical (unpaired) electrons. The lowest BCUT2D eigenvalue weighted by Gasteiger charge is -1.95. The minimum Gasteiger partial charge on any atom is -0.292 e. The van der Waals surface area contributed by atoms with Crippen LogP contribution in [0.4, 0.5) is 0 Å². The Morgan fingerprint density at radius 1 is 1.38 bits per heavy atom. The van der Waals surface area contributed by atoms with Gasteiger partial charge in [-0.1, -0.05) is 30.3 Å². The number of benzene rings is 1. The molecule has 0 spiro atoms. The van der Waals surface area contributed by atoms with Crippen molar-refractivity contribution >= 4 is 28.8 Å². The highest BCUT2D eigenvalue weighted by atomic mass is 127. The van der Waals surface area contributed by atoms with Crippen LogP contribution in [-0.4, -0.2) is 21.1 Å². The molecule has 0 aliphatic carbocycles. The minimum atomic E-state index is -0.295. The zero-order valence-electron chi connectivity index (χ0n) is 8.27. The number of rotatable bonds is 3. The summed E-state index contributed by atoms with van der Waals surface area (Å²) in [6, 6.07) is 9.88. The first-order chi connectivity index (χ1) is 7.79. The van der Waals surface area contributed by atoms with Gasteiger partial charge in [0.25, 0.3) is 5.91 Å². The van der Waals surface area contributed by atoms with E-state index in [2.05, 4.69) is 18.7 Å². The molecular formula is C10H9IN4O. The monoisotopic (exact) mass is 328 g/mol. The summed E-state index contributed by atoms with van der Waals surface area (Å²) >= 11 is 1.76. The molecule has 82 valence electrons. The van der Waals surface area contributed by atoms with Gasteiger partial charge in [-0.2, -0.15) is 0 Å². The van der Waals surface area contributed by atoms with E-state index >= 15 is 0 Å². The van der Waals surface area contributed by atoms with E-state index in [0.29, 0.717) is 12.2 Å². The van der Waals surface area contributed by atoms with Gasteiger partial charge in [-0.25, -0.2) is 4.98 Å². The Bertz CT molecular complexity index is 483. The molecule has 2 N–H and O–H groups in total. The number of amides is 1. The second kappa shape index (κ2) is 5.06. The summed E-state index contributed by atoms with van der Waals surface area (Å²) in [6.45, 7) is 0. The van der Waals surface area contributed by atoms with Crippen molar-refractivity contribution in [3.05, 3.63) is 47.5 Å². The van der Waals surface area contributed by atoms with E-state index in [0.717, 1.165) is 5.56 Å². The first-order valence-corrected chi connectivity index (χ1v) is 5.73. The van der Waals surface area contributed by atoms with Crippen LogP contribution in [0, 0.1) is 0 Å². The van der Waals surface area contributed by atoms with Gasteiger partial charge in [0.05, 0.1) is 22.9 Å². The summed E-state index contributed by atoms with van der Waals surface area (Å²) in [7, 11) is 0. The maximum Gasteiger partial charge on any atom is 0.299 e. The minimum absolute atomic E-state index is 0.167. The fourth-order valence-corrected chi connectivity index (χ4v) is 1.55. The Labute approximate surface area is 106 Å². The second-order valence-corrected chi connectivity index (χ2v) is 3.73. The quantitative estimate of drug-likeness (QED) is 0.662. The number of H-pyrrole nitrogens is 1. The van der Waals surface area contributed by atoms with Crippen LogP contribution in [0.25, 0.3) is 0 Å². The number of nitrogens with one attached hydrogen (secondary N) is 2. The Balaban J connectivity index is 2.12. The number of hydrogen-bond acceptors (Lipinski definition) is 3. The largest absolute Gasteiger partial charge is 0.299 e. The summed E-state index contributed by atoms with van der Waals surface area (Å²) in [5.74, 6) is 0.553. The highest BCUT2D eigenvalue weighted by Crippen LogP contribution is 2.05. The van der Waals surface area contributed by atoms with Crippen molar-refractivity contribution in [3.8, 4) is 0 Å². The van der Waals surface area contributed by atoms with Gasteiger partial charge in [-0.15, -0.1) is 5.10 Å². The average Bonchev–Trinajstić information content (AvgIpc) is 2.78. The van der Waals surface area contributed by atoms with E-state index < -0.39 is 0 Å². The number of aromatic amines is 1. The highest BCUT2D eigenvalue weighted by Gasteiger charge is 2.10. The SMILES string of the molecule is O=C(NI)c1n[nH]c(Cc2ccccc2)n1. The van der Waals surface area contributed by atoms with Crippen LogP contribution in [0.5, 0.6) is 0 Å². The molecule has 0 fully saturated rings. The number of aromatic nitrogens is 3. The molecule has 1 aromatic heterocycles. The number of hydrogen-bond donors (Lipinski definition) is 2. The molecule has 5 nitrogen and oxygen atoms in total. The summed E-state index contributed by atoms with van der Waals surface area (Å²) < 4.78 is 2.44. The molecular weight excluding hydrogens is 319 g/mol. The molecule has 1 amide bonds. The molecule has 16 heavy (non-hydrogen) atoms. The Morgan fingerprint density at radius 3 is 2.81 bits per heavy atom. The van der Waals surface area contributed by atoms with Gasteiger partial charge >= 0.3 is 0 Å². The number of nitrogens with zero attached hydrogens (tertiary/aromatic N) is 2. The topological polar surface area (TPSA) is 70.7 Å². The molecule has 1 heterocycles. The van der Waals surface area contributed by atoms with Crippen LogP contribution >= 0.6 is 22.9 Å². The van der Waals surface area contributed by atoms with Crippen molar-refractivity contribution in [3.63, 3.8) is 0 Å². The third-order valence-corrected chi connectivity index (χ3v) is 2.52. The zero-order chi connectivity index (χ0) is 11.4. The summed E-state index contributed by atoms with van der Waals surface area (Å²) in [5, 5.41) is 6.57. The van der Waals surface area contributed by atoms with E-state index in [1.54, 1.807) is 22.9 Å². The summed E-state index contributed by atoms with van der Waals surface area (Å²) in [6.07, 6.45) is 0.641. The molecule has 2 aromatic rings. The Morgan fingerprint density at radius 2 is 2.12 bits per heavy atom. The van der Waals surface area contributed by atoms with Crippen LogP contribution < -0.4 is 3.53 Å². The summed E-state index contributed by atoms with van der Waals surface area (Å²) in [5.41, 5.74) is 1.13. The first-order valence-electron chi connectivity index (χ1n) is 4.66. The van der Waals surface area contributed by atoms with Crippen LogP contribution in [0.1, 0.15) is 22.0 Å². The molecule has 1 aromatic carbocycles. The lowest BCUT2D eigenvalue weighted by atomic mass is 10.1. The smallest absolute Gasteiger partial charge is 0.292 e. The van der Waals surface area contributed by atoms with Gasteiger partial charge < -0.3 is 0 Å². The predicted molar refractivity (Wildman–Crippen MR) is 67.1 cm³/mol. The number of halogens is 1. The van der Waals surface area contributed by atoms with E-state index in [1.807, 2.05) is 30.3 Å². The number of carbonyl (C=O) groups is 1. The summed E-state index contributed by atoms with van der Waals surface area (Å²) in [4.78, 5) is 15.3. The number of carbonyl (C=O) groups excluding carboxylic acids is 1. The first kappa shape index (κ1) is 11.1. The Hall–Kier alpha value is -1.44. The van der Waals surface area contributed by atoms with Crippen molar-refractivity contribution in [1.82, 2.24) is 18.7 Å². The zero-order valence-corrected chi connectivity index (χ0v) is 10.4. The van der Waals surface area contributed by atoms with Gasteiger partial charge in [-0.3, -0.25) is 13.4 Å². The lowest BCUT2D eigenvalue weighted by Crippen LogP contribution is -2.13. The molecule has 6 heteroatoms. The van der Waals surface area contributed by atoms with Crippen LogP contribution in [0.2, 0.25) is 0 Å². The third kappa shape index (κ3) is 2.57. The second-order valence-electron chi connectivity index (χ2n) is 3.19. The fraction of sp³-hybridized carbons (Fsp3) is 0.100. The molecule has 2 rings (SSSR count). The molecule has 0 bridgehead atoms. The van der Waals surface area contributed by atoms with Gasteiger partial charge in [-0.05, 0) is 5.56 Å². The molecule has 0 saturated carbocycles. The van der Waals surface area contributed by atoms with Crippen LogP contribution in [0.15, 0.2) is 30.3 Å². The molecule has 0 saturated heterocycles. The van der Waals surface area contributed by atoms with Crippen LogP contribution in [0.3, 0.4) is 0 Å². The van der Waals surface area contributed by atoms with Crippen LogP contribution in [-0.2, 0) is 6.42 Å². The van der Waals surface area contributed by atoms with Crippen molar-refractivity contribution in [1.29, 1.82) is 0 Å². The van der Waals surface area contributed by atoms with E-state index in [-0.39, 0.29) is 11.7 Å². The van der Waals surface area contributed by atoms with Gasteiger partial charge in [0, 0.05) is 6.42 Å². The van der Waals surface area contributed by atoms with E-state index in [4.69, 9.17) is 0 Å². The van der Waals surface area contributed by atoms with Crippen molar-refractivity contribution in [2.24, 2.45) is 0 Å². The maximum atomic E-state index is 11.2. The molecule has 0 aliphatic heterocycles. The molecule has 0 aliphatic rings. The van der Waals surface area contributed by atoms with Crippen molar-refractivity contribution < 1.29 is 4.79 Å². The predicted octanol–water partition coefficient (Wildman–Crippen LogP) is 1.48. The molecule has 0 unspecified atom stereocenters. The fourth-order valence-electron chi connectivity index (χ4n) is 1.31. The average molecular weight is 328 g/mol. The standard InChI is InChI=1S/C10H9IN4O/c11-13-10(16)9-12-8(14-15-9)6-7-4-2-1-3-5-7/h1-5H,6H2,(H,13,16)(H,12,14,15). The Kier molecular flexibility index (Phi) is 3.50. The third-order valence-electron chi connectivity index (χ3n) is 2.04. The van der Waals surface area contributed by atoms with Crippen molar-refractivity contribution in [2.75, 3.05) is 0 Å². The van der Waals surface area contributed by atoms with E-state index in [9.17, 15) is 4.79 Å². The van der Waals surface area contributed by atoms with E-state index in [1.165, 1.54) is 0 Å².